The molecule has 0 bridgehead atoms. The Kier molecular flexibility index (Phi) is 5.97. The molecule has 0 atom stereocenters. The third kappa shape index (κ3) is 5.48. The molecule has 0 spiro atoms. The van der Waals surface area contributed by atoms with Crippen LogP contribution < -0.4 is 0 Å². The Labute approximate surface area is 121 Å². The predicted octanol–water partition coefficient (Wildman–Crippen LogP) is 5.49. The first-order valence-electron chi connectivity index (χ1n) is 7.04. The zero-order valence-electron chi connectivity index (χ0n) is 11.2. The van der Waals surface area contributed by atoms with Crippen LogP contribution in [-0.4, -0.2) is 0 Å². The summed E-state index contributed by atoms with van der Waals surface area (Å²) in [4.78, 5) is 0. The van der Waals surface area contributed by atoms with Gasteiger partial charge >= 0.3 is 0 Å². The first-order valence-corrected chi connectivity index (χ1v) is 7.42. The molecular formula is C18H20Cl. The first-order chi connectivity index (χ1) is 9.34. The Morgan fingerprint density at radius 2 is 1.47 bits per heavy atom. The zero-order valence-corrected chi connectivity index (χ0v) is 12.0. The lowest BCUT2D eigenvalue weighted by Crippen LogP contribution is -1.88. The van der Waals surface area contributed by atoms with E-state index in [1.807, 2.05) is 18.2 Å². The number of hydrogen-bond acceptors (Lipinski definition) is 0. The Morgan fingerprint density at radius 3 is 2.11 bits per heavy atom. The Morgan fingerprint density at radius 1 is 0.789 bits per heavy atom. The summed E-state index contributed by atoms with van der Waals surface area (Å²) in [6.45, 7) is 0. The molecule has 0 saturated carbocycles. The smallest absolute Gasteiger partial charge is 0.0406 e. The first kappa shape index (κ1) is 14.1. The number of benzene rings is 2. The fraction of sp³-hybridized carbons (Fsp3) is 0.333. The standard InChI is InChI=1S/C18H20Cl/c19-18-14-12-17(13-15-18)11-5-2-1-4-8-16-9-6-3-7-10-16/h3,6,9-10,12-15H,1-2,4-5,8,11H2. The molecule has 0 aliphatic carbocycles. The summed E-state index contributed by atoms with van der Waals surface area (Å²) in [5.41, 5.74) is 2.79. The lowest BCUT2D eigenvalue weighted by Gasteiger charge is -2.03. The van der Waals surface area contributed by atoms with E-state index in [4.69, 9.17) is 11.6 Å². The molecule has 0 fully saturated rings. The predicted molar refractivity (Wildman–Crippen MR) is 82.6 cm³/mol. The number of rotatable bonds is 7. The van der Waals surface area contributed by atoms with Gasteiger partial charge in [-0.1, -0.05) is 60.8 Å². The van der Waals surface area contributed by atoms with Crippen LogP contribution in [0.25, 0.3) is 0 Å². The quantitative estimate of drug-likeness (QED) is 0.585. The average molecular weight is 272 g/mol. The molecule has 0 heterocycles. The molecule has 0 amide bonds. The van der Waals surface area contributed by atoms with E-state index in [0.717, 1.165) is 11.4 Å². The van der Waals surface area contributed by atoms with Gasteiger partial charge in [0.05, 0.1) is 0 Å². The summed E-state index contributed by atoms with van der Waals surface area (Å²) >= 11 is 5.87. The van der Waals surface area contributed by atoms with Crippen molar-refractivity contribution in [2.45, 2.75) is 38.5 Å². The second-order valence-corrected chi connectivity index (χ2v) is 5.39. The zero-order chi connectivity index (χ0) is 13.3. The van der Waals surface area contributed by atoms with Gasteiger partial charge in [-0.25, -0.2) is 0 Å². The van der Waals surface area contributed by atoms with Gasteiger partial charge < -0.3 is 0 Å². The van der Waals surface area contributed by atoms with Gasteiger partial charge in [0.25, 0.3) is 0 Å². The van der Waals surface area contributed by atoms with Crippen molar-refractivity contribution in [1.82, 2.24) is 0 Å². The minimum absolute atomic E-state index is 0.823. The number of aryl methyl sites for hydroxylation is 2. The lowest BCUT2D eigenvalue weighted by atomic mass is 10.0. The second kappa shape index (κ2) is 8.01. The summed E-state index contributed by atoms with van der Waals surface area (Å²) in [5, 5.41) is 0.823. The van der Waals surface area contributed by atoms with Crippen LogP contribution in [0.4, 0.5) is 0 Å². The van der Waals surface area contributed by atoms with Gasteiger partial charge in [0.1, 0.15) is 0 Å². The molecule has 1 radical (unpaired) electrons. The van der Waals surface area contributed by atoms with E-state index >= 15 is 0 Å². The monoisotopic (exact) mass is 271 g/mol. The van der Waals surface area contributed by atoms with Crippen molar-refractivity contribution in [3.05, 3.63) is 70.7 Å². The molecule has 0 unspecified atom stereocenters. The highest BCUT2D eigenvalue weighted by Gasteiger charge is 1.96. The van der Waals surface area contributed by atoms with Gasteiger partial charge in [0.15, 0.2) is 0 Å². The maximum Gasteiger partial charge on any atom is 0.0406 e. The van der Waals surface area contributed by atoms with E-state index in [1.54, 1.807) is 0 Å². The van der Waals surface area contributed by atoms with Crippen molar-refractivity contribution in [3.8, 4) is 0 Å². The van der Waals surface area contributed by atoms with Crippen molar-refractivity contribution in [3.63, 3.8) is 0 Å². The molecule has 2 aromatic rings. The van der Waals surface area contributed by atoms with Crippen LogP contribution in [0.1, 0.15) is 36.8 Å². The number of unbranched alkanes of at least 4 members (excludes halogenated alkanes) is 3. The van der Waals surface area contributed by atoms with Crippen LogP contribution >= 0.6 is 11.6 Å². The van der Waals surface area contributed by atoms with E-state index in [-0.39, 0.29) is 0 Å². The molecule has 0 nitrogen and oxygen atoms in total. The SMILES string of the molecule is Clc1ccc(CCCCCCc2c[c]ccc2)cc1. The van der Waals surface area contributed by atoms with Crippen LogP contribution in [0.3, 0.4) is 0 Å². The summed E-state index contributed by atoms with van der Waals surface area (Å²) in [7, 11) is 0. The molecular weight excluding hydrogens is 252 g/mol. The Bertz CT molecular complexity index is 459. The summed E-state index contributed by atoms with van der Waals surface area (Å²) in [6, 6.07) is 19.6. The highest BCUT2D eigenvalue weighted by atomic mass is 35.5. The molecule has 0 aliphatic heterocycles. The van der Waals surface area contributed by atoms with Crippen molar-refractivity contribution < 1.29 is 0 Å². The minimum atomic E-state index is 0.823. The van der Waals surface area contributed by atoms with Gasteiger partial charge in [-0.3, -0.25) is 0 Å². The molecule has 0 aromatic heterocycles. The Balaban J connectivity index is 1.56. The fourth-order valence-corrected chi connectivity index (χ4v) is 2.37. The van der Waals surface area contributed by atoms with Gasteiger partial charge in [0, 0.05) is 5.02 Å². The minimum Gasteiger partial charge on any atom is -0.0843 e. The molecule has 19 heavy (non-hydrogen) atoms. The normalized spacial score (nSPS) is 10.6. The molecule has 0 aliphatic rings. The maximum absolute atomic E-state index is 5.87. The number of halogens is 1. The van der Waals surface area contributed by atoms with Crippen LogP contribution in [0, 0.1) is 6.07 Å². The van der Waals surface area contributed by atoms with E-state index in [1.165, 1.54) is 43.2 Å². The summed E-state index contributed by atoms with van der Waals surface area (Å²) in [6.07, 6.45) is 7.50. The largest absolute Gasteiger partial charge is 0.0843 e. The molecule has 2 aromatic carbocycles. The van der Waals surface area contributed by atoms with Crippen molar-refractivity contribution >= 4 is 11.6 Å². The average Bonchev–Trinajstić information content (AvgIpc) is 2.46. The van der Waals surface area contributed by atoms with Gasteiger partial charge in [-0.2, -0.15) is 0 Å². The second-order valence-electron chi connectivity index (χ2n) is 4.95. The van der Waals surface area contributed by atoms with Gasteiger partial charge in [0.2, 0.25) is 0 Å². The Hall–Kier alpha value is -1.27. The van der Waals surface area contributed by atoms with Crippen LogP contribution in [0.2, 0.25) is 5.02 Å². The molecule has 1 heteroatoms. The highest BCUT2D eigenvalue weighted by Crippen LogP contribution is 2.13. The third-order valence-corrected chi connectivity index (χ3v) is 3.62. The third-order valence-electron chi connectivity index (χ3n) is 3.37. The molecule has 0 saturated heterocycles. The number of hydrogen-bond donors (Lipinski definition) is 0. The topological polar surface area (TPSA) is 0 Å². The lowest BCUT2D eigenvalue weighted by molar-refractivity contribution is 0.640. The van der Waals surface area contributed by atoms with Crippen molar-refractivity contribution in [2.24, 2.45) is 0 Å². The summed E-state index contributed by atoms with van der Waals surface area (Å²) in [5.74, 6) is 0. The van der Waals surface area contributed by atoms with Crippen LogP contribution in [0.5, 0.6) is 0 Å². The van der Waals surface area contributed by atoms with E-state index < -0.39 is 0 Å². The van der Waals surface area contributed by atoms with Gasteiger partial charge in [-0.05, 0) is 55.0 Å². The van der Waals surface area contributed by atoms with Crippen LogP contribution in [0.15, 0.2) is 48.5 Å². The summed E-state index contributed by atoms with van der Waals surface area (Å²) < 4.78 is 0. The van der Waals surface area contributed by atoms with Crippen LogP contribution in [-0.2, 0) is 12.8 Å². The molecule has 99 valence electrons. The van der Waals surface area contributed by atoms with E-state index in [0.29, 0.717) is 0 Å². The van der Waals surface area contributed by atoms with E-state index in [9.17, 15) is 0 Å². The highest BCUT2D eigenvalue weighted by molar-refractivity contribution is 6.30. The van der Waals surface area contributed by atoms with Gasteiger partial charge in [-0.15, -0.1) is 0 Å². The fourth-order valence-electron chi connectivity index (χ4n) is 2.25. The van der Waals surface area contributed by atoms with E-state index in [2.05, 4.69) is 36.4 Å². The van der Waals surface area contributed by atoms with Crippen molar-refractivity contribution in [2.75, 3.05) is 0 Å². The molecule has 2 rings (SSSR count). The molecule has 0 N–H and O–H groups in total. The maximum atomic E-state index is 5.87. The van der Waals surface area contributed by atoms with Crippen molar-refractivity contribution in [1.29, 1.82) is 0 Å².